The van der Waals surface area contributed by atoms with Crippen molar-refractivity contribution in [1.29, 1.82) is 0 Å². The highest BCUT2D eigenvalue weighted by molar-refractivity contribution is 5.18. The molecule has 3 heteroatoms. The molecule has 0 amide bonds. The van der Waals surface area contributed by atoms with Gasteiger partial charge < -0.3 is 10.1 Å². The van der Waals surface area contributed by atoms with Gasteiger partial charge in [0.05, 0.1) is 5.60 Å². The van der Waals surface area contributed by atoms with Gasteiger partial charge in [-0.15, -0.1) is 0 Å². The van der Waals surface area contributed by atoms with Crippen molar-refractivity contribution < 1.29 is 9.13 Å². The van der Waals surface area contributed by atoms with E-state index in [4.69, 9.17) is 4.74 Å². The summed E-state index contributed by atoms with van der Waals surface area (Å²) in [6, 6.07) is 7.70. The zero-order valence-corrected chi connectivity index (χ0v) is 15.2. The molecule has 1 N–H and O–H groups in total. The summed E-state index contributed by atoms with van der Waals surface area (Å²) in [5, 5.41) is 3.78. The molecule has 1 saturated carbocycles. The molecule has 134 valence electrons. The number of halogens is 1. The molecule has 0 bridgehead atoms. The van der Waals surface area contributed by atoms with Crippen LogP contribution in [0.1, 0.15) is 64.4 Å². The third-order valence-electron chi connectivity index (χ3n) is 5.94. The van der Waals surface area contributed by atoms with Crippen molar-refractivity contribution in [3.8, 4) is 0 Å². The largest absolute Gasteiger partial charge is 0.375 e. The summed E-state index contributed by atoms with van der Waals surface area (Å²) in [6.07, 6.45) is 9.83. The molecule has 1 aromatic rings. The van der Waals surface area contributed by atoms with Gasteiger partial charge >= 0.3 is 0 Å². The third-order valence-corrected chi connectivity index (χ3v) is 5.94. The molecule has 1 aromatic carbocycles. The summed E-state index contributed by atoms with van der Waals surface area (Å²) in [7, 11) is 0. The fourth-order valence-corrected chi connectivity index (χ4v) is 4.62. The van der Waals surface area contributed by atoms with E-state index in [0.717, 1.165) is 32.4 Å². The minimum absolute atomic E-state index is 0.00900. The van der Waals surface area contributed by atoms with Crippen molar-refractivity contribution in [2.24, 2.45) is 5.41 Å². The lowest BCUT2D eigenvalue weighted by Gasteiger charge is -2.37. The summed E-state index contributed by atoms with van der Waals surface area (Å²) in [5.74, 6) is -0.136. The lowest BCUT2D eigenvalue weighted by molar-refractivity contribution is -0.0630. The van der Waals surface area contributed by atoms with Gasteiger partial charge in [0.15, 0.2) is 0 Å². The fraction of sp³-hybridized carbons (Fsp3) is 0.714. The first-order valence-electron chi connectivity index (χ1n) is 9.58. The minimum atomic E-state index is -0.136. The van der Waals surface area contributed by atoms with Crippen LogP contribution in [0.4, 0.5) is 4.39 Å². The van der Waals surface area contributed by atoms with Crippen molar-refractivity contribution in [2.45, 2.75) is 76.9 Å². The highest BCUT2D eigenvalue weighted by atomic mass is 19.1. The van der Waals surface area contributed by atoms with Crippen molar-refractivity contribution in [2.75, 3.05) is 13.2 Å². The molecule has 1 aliphatic heterocycles. The lowest BCUT2D eigenvalue weighted by atomic mass is 9.77. The molecule has 2 nitrogen and oxygen atoms in total. The van der Waals surface area contributed by atoms with Gasteiger partial charge in [-0.1, -0.05) is 25.0 Å². The van der Waals surface area contributed by atoms with Gasteiger partial charge in [0.2, 0.25) is 0 Å². The minimum Gasteiger partial charge on any atom is -0.375 e. The molecule has 1 unspecified atom stereocenters. The van der Waals surface area contributed by atoms with E-state index in [9.17, 15) is 4.39 Å². The number of benzene rings is 1. The van der Waals surface area contributed by atoms with Crippen LogP contribution >= 0.6 is 0 Å². The second kappa shape index (κ2) is 7.53. The van der Waals surface area contributed by atoms with Crippen molar-refractivity contribution in [3.05, 3.63) is 35.6 Å². The van der Waals surface area contributed by atoms with E-state index in [-0.39, 0.29) is 11.4 Å². The van der Waals surface area contributed by atoms with Crippen molar-refractivity contribution >= 4 is 0 Å². The van der Waals surface area contributed by atoms with E-state index in [0.29, 0.717) is 11.5 Å². The van der Waals surface area contributed by atoms with Gasteiger partial charge in [-0.05, 0) is 82.0 Å². The summed E-state index contributed by atoms with van der Waals surface area (Å²) < 4.78 is 19.0. The Labute approximate surface area is 146 Å². The molecular weight excluding hydrogens is 301 g/mol. The Morgan fingerprint density at radius 2 is 1.88 bits per heavy atom. The molecule has 1 atom stereocenters. The zero-order valence-electron chi connectivity index (χ0n) is 15.2. The molecule has 1 heterocycles. The van der Waals surface area contributed by atoms with Crippen LogP contribution in [0.15, 0.2) is 24.3 Å². The molecule has 1 saturated heterocycles. The molecule has 2 aliphatic rings. The predicted octanol–water partition coefficient (Wildman–Crippen LogP) is 4.87. The van der Waals surface area contributed by atoms with Crippen LogP contribution in [-0.4, -0.2) is 24.8 Å². The Bertz CT molecular complexity index is 519. The third kappa shape index (κ3) is 4.80. The summed E-state index contributed by atoms with van der Waals surface area (Å²) in [6.45, 7) is 6.33. The number of rotatable bonds is 6. The van der Waals surface area contributed by atoms with E-state index in [1.165, 1.54) is 37.7 Å². The highest BCUT2D eigenvalue weighted by Gasteiger charge is 2.34. The van der Waals surface area contributed by atoms with Gasteiger partial charge in [-0.25, -0.2) is 4.39 Å². The topological polar surface area (TPSA) is 21.3 Å². The zero-order chi connectivity index (χ0) is 17.0. The Hall–Kier alpha value is -0.930. The molecule has 0 radical (unpaired) electrons. The van der Waals surface area contributed by atoms with Crippen molar-refractivity contribution in [3.63, 3.8) is 0 Å². The number of ether oxygens (including phenoxy) is 1. The van der Waals surface area contributed by atoms with Gasteiger partial charge in [0.1, 0.15) is 5.82 Å². The van der Waals surface area contributed by atoms with Gasteiger partial charge in [0, 0.05) is 12.6 Å². The van der Waals surface area contributed by atoms with E-state index in [2.05, 4.69) is 19.2 Å². The standard InChI is InChI=1S/C21H32FNO/c1-20(2)16-19(9-14-24-20)23-13-12-21(10-3-4-11-21)15-17-5-7-18(22)8-6-17/h5-8,19,23H,3-4,9-16H2,1-2H3. The van der Waals surface area contributed by atoms with Gasteiger partial charge in [-0.3, -0.25) is 0 Å². The van der Waals surface area contributed by atoms with Crippen LogP contribution < -0.4 is 5.32 Å². The van der Waals surface area contributed by atoms with Crippen LogP contribution in [0.3, 0.4) is 0 Å². The maximum absolute atomic E-state index is 13.1. The normalized spacial score (nSPS) is 25.7. The lowest BCUT2D eigenvalue weighted by Crippen LogP contribution is -2.44. The Balaban J connectivity index is 1.53. The molecule has 3 rings (SSSR count). The first-order valence-corrected chi connectivity index (χ1v) is 9.58. The van der Waals surface area contributed by atoms with Gasteiger partial charge in [-0.2, -0.15) is 0 Å². The second-order valence-electron chi connectivity index (χ2n) is 8.51. The fourth-order valence-electron chi connectivity index (χ4n) is 4.62. The second-order valence-corrected chi connectivity index (χ2v) is 8.51. The maximum Gasteiger partial charge on any atom is 0.123 e. The molecule has 0 aromatic heterocycles. The van der Waals surface area contributed by atoms with Gasteiger partial charge in [0.25, 0.3) is 0 Å². The van der Waals surface area contributed by atoms with Crippen LogP contribution in [-0.2, 0) is 11.2 Å². The first-order chi connectivity index (χ1) is 11.5. The maximum atomic E-state index is 13.1. The van der Waals surface area contributed by atoms with Crippen LogP contribution in [0.25, 0.3) is 0 Å². The quantitative estimate of drug-likeness (QED) is 0.802. The first kappa shape index (κ1) is 17.9. The van der Waals surface area contributed by atoms with E-state index in [1.54, 1.807) is 12.1 Å². The Morgan fingerprint density at radius 1 is 1.17 bits per heavy atom. The van der Waals surface area contributed by atoms with Crippen molar-refractivity contribution in [1.82, 2.24) is 5.32 Å². The smallest absolute Gasteiger partial charge is 0.123 e. The van der Waals surface area contributed by atoms with E-state index < -0.39 is 0 Å². The molecule has 2 fully saturated rings. The summed E-state index contributed by atoms with van der Waals surface area (Å²) in [4.78, 5) is 0. The van der Waals surface area contributed by atoms with E-state index >= 15 is 0 Å². The SMILES string of the molecule is CC1(C)CC(NCCC2(Cc3ccc(F)cc3)CCCC2)CCO1. The van der Waals surface area contributed by atoms with E-state index in [1.807, 2.05) is 12.1 Å². The summed E-state index contributed by atoms with van der Waals surface area (Å²) in [5.41, 5.74) is 1.70. The monoisotopic (exact) mass is 333 g/mol. The van der Waals surface area contributed by atoms with Crippen LogP contribution in [0.5, 0.6) is 0 Å². The molecule has 24 heavy (non-hydrogen) atoms. The Kier molecular flexibility index (Phi) is 5.61. The summed E-state index contributed by atoms with van der Waals surface area (Å²) >= 11 is 0. The molecular formula is C21H32FNO. The average Bonchev–Trinajstić information content (AvgIpc) is 2.97. The van der Waals surface area contributed by atoms with Crippen LogP contribution in [0.2, 0.25) is 0 Å². The van der Waals surface area contributed by atoms with Crippen LogP contribution in [0, 0.1) is 11.2 Å². The average molecular weight is 333 g/mol. The Morgan fingerprint density at radius 3 is 2.54 bits per heavy atom. The molecule has 0 spiro atoms. The molecule has 1 aliphatic carbocycles. The number of hydrogen-bond acceptors (Lipinski definition) is 2. The number of nitrogens with one attached hydrogen (secondary N) is 1. The predicted molar refractivity (Wildman–Crippen MR) is 96.7 cm³/mol. The highest BCUT2D eigenvalue weighted by Crippen LogP contribution is 2.43. The number of hydrogen-bond donors (Lipinski definition) is 1.